The van der Waals surface area contributed by atoms with Crippen molar-refractivity contribution >= 4 is 33.5 Å². The van der Waals surface area contributed by atoms with Gasteiger partial charge in [0.05, 0.1) is 11.0 Å². The van der Waals surface area contributed by atoms with Crippen molar-refractivity contribution < 1.29 is 14.6 Å². The molecule has 0 aliphatic rings. The molecule has 0 unspecified atom stereocenters. The Kier molecular flexibility index (Phi) is 5.48. The Labute approximate surface area is 172 Å². The zero-order valence-electron chi connectivity index (χ0n) is 16.2. The Hall–Kier alpha value is -4.05. The van der Waals surface area contributed by atoms with E-state index < -0.39 is 5.97 Å². The Morgan fingerprint density at radius 2 is 1.90 bits per heavy atom. The zero-order valence-corrected chi connectivity index (χ0v) is 16.2. The third kappa shape index (κ3) is 4.03. The van der Waals surface area contributed by atoms with E-state index >= 15 is 0 Å². The molecule has 150 valence electrons. The minimum Gasteiger partial charge on any atom is -0.507 e. The number of hydrogen-bond acceptors (Lipinski definition) is 5. The Morgan fingerprint density at radius 3 is 2.70 bits per heavy atom. The number of carbonyl (C=O) groups excluding carboxylic acids is 1. The average Bonchev–Trinajstić information content (AvgIpc) is 3.37. The first-order valence-corrected chi connectivity index (χ1v) is 9.63. The number of benzene rings is 2. The van der Waals surface area contributed by atoms with Crippen LogP contribution in [-0.2, 0) is 16.0 Å². The van der Waals surface area contributed by atoms with Crippen LogP contribution < -0.4 is 0 Å². The number of nitriles is 1. The van der Waals surface area contributed by atoms with Gasteiger partial charge < -0.3 is 19.8 Å². The summed E-state index contributed by atoms with van der Waals surface area (Å²) >= 11 is 0. The maximum absolute atomic E-state index is 12.1. The topological polar surface area (TPSA) is 115 Å². The summed E-state index contributed by atoms with van der Waals surface area (Å²) in [6, 6.07) is 17.2. The summed E-state index contributed by atoms with van der Waals surface area (Å²) in [5.41, 5.74) is 3.61. The number of nitrogens with zero attached hydrogens (tertiary/aromatic N) is 2. The number of H-pyrrole nitrogens is 2. The van der Waals surface area contributed by atoms with Crippen LogP contribution in [0.5, 0.6) is 0 Å². The Morgan fingerprint density at radius 1 is 1.13 bits per heavy atom. The molecule has 2 aromatic carbocycles. The van der Waals surface area contributed by atoms with Gasteiger partial charge in [0.1, 0.15) is 18.2 Å². The van der Waals surface area contributed by atoms with E-state index in [0.29, 0.717) is 11.9 Å². The smallest absolute Gasteiger partial charge is 0.306 e. The number of aliphatic hydroxyl groups is 1. The fourth-order valence-corrected chi connectivity index (χ4v) is 3.38. The number of aryl methyl sites for hydroxylation is 1. The number of fused-ring (bicyclic) bond motifs is 2. The number of aromatic nitrogens is 3. The molecule has 0 amide bonds. The van der Waals surface area contributed by atoms with E-state index in [2.05, 4.69) is 15.0 Å². The van der Waals surface area contributed by atoms with Crippen LogP contribution >= 0.6 is 0 Å². The monoisotopic (exact) mass is 400 g/mol. The number of hydrogen-bond donors (Lipinski definition) is 3. The summed E-state index contributed by atoms with van der Waals surface area (Å²) < 4.78 is 5.14. The van der Waals surface area contributed by atoms with Gasteiger partial charge in [0, 0.05) is 23.5 Å². The molecule has 0 bridgehead atoms. The number of esters is 1. The molecular formula is C23H20N4O3. The van der Waals surface area contributed by atoms with Crippen molar-refractivity contribution in [3.63, 3.8) is 0 Å². The minimum absolute atomic E-state index is 0.0437. The Balaban J connectivity index is 1.33. The molecule has 4 rings (SSSR count). The van der Waals surface area contributed by atoms with Crippen LogP contribution in [0.25, 0.3) is 27.5 Å². The number of carbonyl (C=O) groups is 1. The molecule has 0 aliphatic carbocycles. The van der Waals surface area contributed by atoms with Crippen LogP contribution in [0.3, 0.4) is 0 Å². The second-order valence-electron chi connectivity index (χ2n) is 6.91. The summed E-state index contributed by atoms with van der Waals surface area (Å²) in [6.45, 7) is -0.369. The summed E-state index contributed by atoms with van der Waals surface area (Å²) in [5.74, 6) is -0.517. The predicted molar refractivity (Wildman–Crippen MR) is 113 cm³/mol. The van der Waals surface area contributed by atoms with Crippen LogP contribution in [-0.4, -0.2) is 32.6 Å². The molecule has 0 radical (unpaired) electrons. The Bertz CT molecular complexity index is 1240. The summed E-state index contributed by atoms with van der Waals surface area (Å²) in [4.78, 5) is 22.6. The quantitative estimate of drug-likeness (QED) is 0.242. The van der Waals surface area contributed by atoms with Crippen molar-refractivity contribution in [3.05, 3.63) is 71.9 Å². The standard InChI is InChI=1S/C23H20N4O3/c24-12-17(23-26-19-9-3-4-10-20(19)27-23)21(28)14-30-22(29)11-5-6-15-13-25-18-8-2-1-7-16(15)18/h1-4,7-10,13,25,28H,5-6,11,14H2,(H,26,27). The largest absolute Gasteiger partial charge is 0.507 e. The van der Waals surface area contributed by atoms with E-state index in [0.717, 1.165) is 28.4 Å². The third-order valence-electron chi connectivity index (χ3n) is 4.90. The van der Waals surface area contributed by atoms with Gasteiger partial charge in [-0.15, -0.1) is 0 Å². The minimum atomic E-state index is -0.428. The van der Waals surface area contributed by atoms with E-state index in [1.54, 1.807) is 6.07 Å². The lowest BCUT2D eigenvalue weighted by molar-refractivity contribution is -0.143. The highest BCUT2D eigenvalue weighted by molar-refractivity contribution is 5.84. The van der Waals surface area contributed by atoms with E-state index in [4.69, 9.17) is 4.74 Å². The first kappa shape index (κ1) is 19.3. The van der Waals surface area contributed by atoms with Crippen LogP contribution in [0.1, 0.15) is 24.2 Å². The summed E-state index contributed by atoms with van der Waals surface area (Å²) in [5, 5.41) is 20.8. The molecule has 0 saturated carbocycles. The molecule has 0 saturated heterocycles. The fourth-order valence-electron chi connectivity index (χ4n) is 3.38. The zero-order chi connectivity index (χ0) is 20.9. The normalized spacial score (nSPS) is 12.0. The number of rotatable bonds is 7. The van der Waals surface area contributed by atoms with Crippen LogP contribution in [0.4, 0.5) is 0 Å². The second-order valence-corrected chi connectivity index (χ2v) is 6.91. The van der Waals surface area contributed by atoms with Crippen LogP contribution in [0, 0.1) is 11.3 Å². The fraction of sp³-hybridized carbons (Fsp3) is 0.174. The third-order valence-corrected chi connectivity index (χ3v) is 4.90. The molecular weight excluding hydrogens is 380 g/mol. The average molecular weight is 400 g/mol. The van der Waals surface area contributed by atoms with Gasteiger partial charge in [-0.05, 0) is 36.6 Å². The number of para-hydroxylation sites is 3. The summed E-state index contributed by atoms with van der Waals surface area (Å²) in [7, 11) is 0. The van der Waals surface area contributed by atoms with Crippen molar-refractivity contribution in [2.45, 2.75) is 19.3 Å². The highest BCUT2D eigenvalue weighted by Gasteiger charge is 2.15. The molecule has 7 heteroatoms. The van der Waals surface area contributed by atoms with Crippen LogP contribution in [0.2, 0.25) is 0 Å². The first-order valence-electron chi connectivity index (χ1n) is 9.63. The van der Waals surface area contributed by atoms with Gasteiger partial charge in [-0.1, -0.05) is 30.3 Å². The van der Waals surface area contributed by atoms with Gasteiger partial charge in [0.25, 0.3) is 0 Å². The van der Waals surface area contributed by atoms with Gasteiger partial charge in [0.2, 0.25) is 0 Å². The van der Waals surface area contributed by atoms with Gasteiger partial charge in [-0.3, -0.25) is 4.79 Å². The highest BCUT2D eigenvalue weighted by Crippen LogP contribution is 2.20. The molecule has 2 aromatic heterocycles. The van der Waals surface area contributed by atoms with E-state index in [9.17, 15) is 15.2 Å². The predicted octanol–water partition coefficient (Wildman–Crippen LogP) is 4.40. The number of allylic oxidation sites excluding steroid dienone is 1. The van der Waals surface area contributed by atoms with E-state index in [1.165, 1.54) is 0 Å². The first-order chi connectivity index (χ1) is 14.7. The van der Waals surface area contributed by atoms with E-state index in [1.807, 2.05) is 54.7 Å². The molecule has 30 heavy (non-hydrogen) atoms. The maximum atomic E-state index is 12.1. The summed E-state index contributed by atoms with van der Waals surface area (Å²) in [6.07, 6.45) is 3.54. The number of aromatic amines is 2. The lowest BCUT2D eigenvalue weighted by Gasteiger charge is -2.05. The van der Waals surface area contributed by atoms with E-state index in [-0.39, 0.29) is 30.2 Å². The van der Waals surface area contributed by atoms with Gasteiger partial charge in [-0.25, -0.2) is 4.98 Å². The highest BCUT2D eigenvalue weighted by atomic mass is 16.5. The van der Waals surface area contributed by atoms with Crippen molar-refractivity contribution in [1.29, 1.82) is 5.26 Å². The number of imidazole rings is 1. The van der Waals surface area contributed by atoms with Crippen LogP contribution in [0.15, 0.2) is 60.5 Å². The number of nitrogens with one attached hydrogen (secondary N) is 2. The van der Waals surface area contributed by atoms with Gasteiger partial charge >= 0.3 is 5.97 Å². The maximum Gasteiger partial charge on any atom is 0.306 e. The molecule has 0 aliphatic heterocycles. The lowest BCUT2D eigenvalue weighted by Crippen LogP contribution is -2.09. The van der Waals surface area contributed by atoms with Crippen molar-refractivity contribution in [2.24, 2.45) is 0 Å². The molecule has 0 spiro atoms. The second kappa shape index (κ2) is 8.53. The molecule has 0 atom stereocenters. The molecule has 0 fully saturated rings. The number of aliphatic hydroxyl groups excluding tert-OH is 1. The molecule has 7 nitrogen and oxygen atoms in total. The van der Waals surface area contributed by atoms with Crippen molar-refractivity contribution in [3.8, 4) is 6.07 Å². The SMILES string of the molecule is N#CC(=C(O)COC(=O)CCCc1c[nH]c2ccccc12)c1nc2ccccc2[nH]1. The molecule has 4 aromatic rings. The molecule has 2 heterocycles. The molecule has 3 N–H and O–H groups in total. The van der Waals surface area contributed by atoms with Gasteiger partial charge in [-0.2, -0.15) is 5.26 Å². The van der Waals surface area contributed by atoms with Gasteiger partial charge in [0.15, 0.2) is 11.6 Å². The lowest BCUT2D eigenvalue weighted by atomic mass is 10.1. The van der Waals surface area contributed by atoms with Crippen molar-refractivity contribution in [1.82, 2.24) is 15.0 Å². The number of ether oxygens (including phenoxy) is 1. The van der Waals surface area contributed by atoms with Crippen molar-refractivity contribution in [2.75, 3.05) is 6.61 Å².